The second-order valence-corrected chi connectivity index (χ2v) is 4.55. The van der Waals surface area contributed by atoms with Gasteiger partial charge in [-0.25, -0.2) is 0 Å². The third kappa shape index (κ3) is 2.51. The number of nitrogens with zero attached hydrogens (tertiary/aromatic N) is 3. The number of nitro groups is 1. The van der Waals surface area contributed by atoms with Crippen LogP contribution < -0.4 is 0 Å². The summed E-state index contributed by atoms with van der Waals surface area (Å²) in [5.41, 5.74) is 2.48. The maximum Gasteiger partial charge on any atom is 0.275 e. The highest BCUT2D eigenvalue weighted by atomic mass is 35.5. The lowest BCUT2D eigenvalue weighted by atomic mass is 10.2. The number of aryl methyl sites for hydroxylation is 2. The van der Waals surface area contributed by atoms with E-state index in [0.717, 1.165) is 11.4 Å². The largest absolute Gasteiger partial charge is 0.275 e. The van der Waals surface area contributed by atoms with Gasteiger partial charge in [-0.2, -0.15) is 5.10 Å². The molecular formula is C12H12ClN3O2. The van der Waals surface area contributed by atoms with Crippen LogP contribution in [-0.4, -0.2) is 14.7 Å². The highest BCUT2D eigenvalue weighted by Crippen LogP contribution is 2.24. The Morgan fingerprint density at radius 2 is 2.11 bits per heavy atom. The van der Waals surface area contributed by atoms with Crippen molar-refractivity contribution in [3.8, 4) is 0 Å². The molecule has 2 aromatic rings. The quantitative estimate of drug-likeness (QED) is 0.633. The summed E-state index contributed by atoms with van der Waals surface area (Å²) >= 11 is 5.77. The SMILES string of the molecule is Cc1cc(C)n(Cc2ccc(Cl)cc2[N+](=O)[O-])n1. The third-order valence-electron chi connectivity index (χ3n) is 2.67. The van der Waals surface area contributed by atoms with Crippen molar-refractivity contribution in [1.29, 1.82) is 0 Å². The van der Waals surface area contributed by atoms with Crippen molar-refractivity contribution >= 4 is 17.3 Å². The lowest BCUT2D eigenvalue weighted by molar-refractivity contribution is -0.385. The molecule has 0 aliphatic carbocycles. The molecule has 0 radical (unpaired) electrons. The highest BCUT2D eigenvalue weighted by Gasteiger charge is 2.15. The zero-order valence-corrected chi connectivity index (χ0v) is 10.8. The summed E-state index contributed by atoms with van der Waals surface area (Å²) < 4.78 is 1.74. The van der Waals surface area contributed by atoms with E-state index >= 15 is 0 Å². The van der Waals surface area contributed by atoms with E-state index in [1.54, 1.807) is 16.8 Å². The van der Waals surface area contributed by atoms with E-state index in [-0.39, 0.29) is 5.69 Å². The summed E-state index contributed by atoms with van der Waals surface area (Å²) in [5.74, 6) is 0. The van der Waals surface area contributed by atoms with E-state index < -0.39 is 4.92 Å². The van der Waals surface area contributed by atoms with Gasteiger partial charge in [0.05, 0.1) is 22.7 Å². The topological polar surface area (TPSA) is 61.0 Å². The lowest BCUT2D eigenvalue weighted by Crippen LogP contribution is -2.06. The first-order chi connectivity index (χ1) is 8.47. The molecular weight excluding hydrogens is 254 g/mol. The van der Waals surface area contributed by atoms with Crippen LogP contribution in [0.4, 0.5) is 5.69 Å². The first kappa shape index (κ1) is 12.6. The zero-order chi connectivity index (χ0) is 13.3. The Morgan fingerprint density at radius 3 is 2.67 bits per heavy atom. The average molecular weight is 266 g/mol. The van der Waals surface area contributed by atoms with E-state index in [9.17, 15) is 10.1 Å². The number of benzene rings is 1. The number of hydrogen-bond acceptors (Lipinski definition) is 3. The molecule has 0 bridgehead atoms. The van der Waals surface area contributed by atoms with Crippen LogP contribution in [0.15, 0.2) is 24.3 Å². The van der Waals surface area contributed by atoms with Crippen LogP contribution in [0, 0.1) is 24.0 Å². The Morgan fingerprint density at radius 1 is 1.39 bits per heavy atom. The van der Waals surface area contributed by atoms with Crippen molar-refractivity contribution < 1.29 is 4.92 Å². The first-order valence-electron chi connectivity index (χ1n) is 5.41. The lowest BCUT2D eigenvalue weighted by Gasteiger charge is -2.05. The van der Waals surface area contributed by atoms with Gasteiger partial charge in [-0.05, 0) is 32.0 Å². The smallest absolute Gasteiger partial charge is 0.265 e. The standard InChI is InChI=1S/C12H12ClN3O2/c1-8-5-9(2)15(14-8)7-10-3-4-11(13)6-12(10)16(17)18/h3-6H,7H2,1-2H3. The molecule has 0 aliphatic rings. The van der Waals surface area contributed by atoms with Crippen molar-refractivity contribution in [2.45, 2.75) is 20.4 Å². The van der Waals surface area contributed by atoms with E-state index in [1.165, 1.54) is 6.07 Å². The summed E-state index contributed by atoms with van der Waals surface area (Å²) in [7, 11) is 0. The molecule has 1 aromatic carbocycles. The molecule has 0 saturated carbocycles. The summed E-state index contributed by atoms with van der Waals surface area (Å²) in [6.45, 7) is 4.18. The van der Waals surface area contributed by atoms with Gasteiger partial charge in [0.25, 0.3) is 5.69 Å². The van der Waals surface area contributed by atoms with Crippen molar-refractivity contribution in [2.75, 3.05) is 0 Å². The van der Waals surface area contributed by atoms with Gasteiger partial charge in [0.2, 0.25) is 0 Å². The van der Waals surface area contributed by atoms with Crippen molar-refractivity contribution in [2.24, 2.45) is 0 Å². The van der Waals surface area contributed by atoms with Gasteiger partial charge in [-0.15, -0.1) is 0 Å². The van der Waals surface area contributed by atoms with Crippen LogP contribution in [0.1, 0.15) is 17.0 Å². The molecule has 0 N–H and O–H groups in total. The highest BCUT2D eigenvalue weighted by molar-refractivity contribution is 6.30. The molecule has 0 unspecified atom stereocenters. The summed E-state index contributed by atoms with van der Waals surface area (Å²) in [6.07, 6.45) is 0. The van der Waals surface area contributed by atoms with Gasteiger partial charge < -0.3 is 0 Å². The second kappa shape index (κ2) is 4.78. The first-order valence-corrected chi connectivity index (χ1v) is 5.79. The van der Waals surface area contributed by atoms with E-state index in [0.29, 0.717) is 17.1 Å². The Hall–Kier alpha value is -1.88. The average Bonchev–Trinajstić information content (AvgIpc) is 2.60. The van der Waals surface area contributed by atoms with E-state index in [4.69, 9.17) is 11.6 Å². The molecule has 0 amide bonds. The van der Waals surface area contributed by atoms with E-state index in [1.807, 2.05) is 19.9 Å². The molecule has 0 spiro atoms. The minimum absolute atomic E-state index is 0.0232. The molecule has 0 aliphatic heterocycles. The summed E-state index contributed by atoms with van der Waals surface area (Å²) in [4.78, 5) is 10.5. The minimum atomic E-state index is -0.424. The van der Waals surface area contributed by atoms with Gasteiger partial charge in [-0.3, -0.25) is 14.8 Å². The molecule has 1 heterocycles. The van der Waals surface area contributed by atoms with E-state index in [2.05, 4.69) is 5.10 Å². The van der Waals surface area contributed by atoms with Crippen LogP contribution >= 0.6 is 11.6 Å². The van der Waals surface area contributed by atoms with Crippen LogP contribution in [-0.2, 0) is 6.54 Å². The van der Waals surface area contributed by atoms with Crippen molar-refractivity contribution in [3.05, 3.63) is 56.4 Å². The van der Waals surface area contributed by atoms with Crippen molar-refractivity contribution in [3.63, 3.8) is 0 Å². The maximum atomic E-state index is 11.0. The fourth-order valence-corrected chi connectivity index (χ4v) is 2.00. The maximum absolute atomic E-state index is 11.0. The van der Waals surface area contributed by atoms with Crippen LogP contribution in [0.5, 0.6) is 0 Å². The Kier molecular flexibility index (Phi) is 3.34. The predicted molar refractivity (Wildman–Crippen MR) is 68.9 cm³/mol. The second-order valence-electron chi connectivity index (χ2n) is 4.11. The molecule has 5 nitrogen and oxygen atoms in total. The monoisotopic (exact) mass is 265 g/mol. The molecule has 0 atom stereocenters. The molecule has 0 saturated heterocycles. The predicted octanol–water partition coefficient (Wildman–Crippen LogP) is 3.11. The number of halogens is 1. The molecule has 2 rings (SSSR count). The number of aromatic nitrogens is 2. The molecule has 1 aromatic heterocycles. The normalized spacial score (nSPS) is 10.6. The minimum Gasteiger partial charge on any atom is -0.265 e. The van der Waals surface area contributed by atoms with Gasteiger partial charge in [0, 0.05) is 16.8 Å². The third-order valence-corrected chi connectivity index (χ3v) is 2.90. The van der Waals surface area contributed by atoms with Crippen LogP contribution in [0.2, 0.25) is 5.02 Å². The van der Waals surface area contributed by atoms with Crippen LogP contribution in [0.25, 0.3) is 0 Å². The van der Waals surface area contributed by atoms with Gasteiger partial charge in [0.1, 0.15) is 0 Å². The van der Waals surface area contributed by atoms with Gasteiger partial charge >= 0.3 is 0 Å². The van der Waals surface area contributed by atoms with Gasteiger partial charge in [0.15, 0.2) is 0 Å². The number of hydrogen-bond donors (Lipinski definition) is 0. The van der Waals surface area contributed by atoms with Crippen LogP contribution in [0.3, 0.4) is 0 Å². The molecule has 0 fully saturated rings. The zero-order valence-electron chi connectivity index (χ0n) is 10.1. The molecule has 6 heteroatoms. The molecule has 18 heavy (non-hydrogen) atoms. The van der Waals surface area contributed by atoms with Gasteiger partial charge in [-0.1, -0.05) is 11.6 Å². The summed E-state index contributed by atoms with van der Waals surface area (Å²) in [6, 6.07) is 6.61. The number of nitro benzene ring substituents is 1. The van der Waals surface area contributed by atoms with Crippen molar-refractivity contribution in [1.82, 2.24) is 9.78 Å². The fraction of sp³-hybridized carbons (Fsp3) is 0.250. The Labute approximate surface area is 109 Å². The summed E-state index contributed by atoms with van der Waals surface area (Å²) in [5, 5.41) is 15.6. The number of rotatable bonds is 3. The Balaban J connectivity index is 2.40. The fourth-order valence-electron chi connectivity index (χ4n) is 1.84. The molecule has 94 valence electrons. The Bertz CT molecular complexity index is 607.